The summed E-state index contributed by atoms with van der Waals surface area (Å²) >= 11 is 13.4. The van der Waals surface area contributed by atoms with Crippen molar-refractivity contribution in [1.29, 1.82) is 0 Å². The molecule has 5 heterocycles. The molecule has 13 nitrogen and oxygen atoms in total. The van der Waals surface area contributed by atoms with E-state index in [9.17, 15) is 14.4 Å². The molecule has 0 spiro atoms. The maximum Gasteiger partial charge on any atom is 0.330 e. The summed E-state index contributed by atoms with van der Waals surface area (Å²) < 4.78 is 10.8. The third-order valence-electron chi connectivity index (χ3n) is 10.0. The summed E-state index contributed by atoms with van der Waals surface area (Å²) in [5.74, 6) is 1.47. The molecule has 4 aliphatic heterocycles. The Morgan fingerprint density at radius 3 is 2.31 bits per heavy atom. The lowest BCUT2D eigenvalue weighted by atomic mass is 10.0. The molecule has 0 saturated carbocycles. The van der Waals surface area contributed by atoms with E-state index >= 15 is 0 Å². The van der Waals surface area contributed by atoms with Gasteiger partial charge in [0.2, 0.25) is 17.8 Å². The normalized spacial score (nSPS) is 23.3. The number of piperidine rings is 1. The number of likely N-dealkylation sites (N-methyl/N-ethyl adjacent to an activating group) is 1. The van der Waals surface area contributed by atoms with Crippen LogP contribution in [0.15, 0.2) is 24.9 Å². The van der Waals surface area contributed by atoms with Gasteiger partial charge in [0.1, 0.15) is 27.4 Å². The topological polar surface area (TPSA) is 115 Å². The van der Waals surface area contributed by atoms with Gasteiger partial charge in [0.05, 0.1) is 44.6 Å². The van der Waals surface area contributed by atoms with Gasteiger partial charge < -0.3 is 24.2 Å². The molecule has 0 radical (unpaired) electrons. The van der Waals surface area contributed by atoms with E-state index in [1.54, 1.807) is 19.3 Å². The highest BCUT2D eigenvalue weighted by molar-refractivity contribution is 6.42. The molecule has 4 aliphatic rings. The Labute approximate surface area is 290 Å². The van der Waals surface area contributed by atoms with Gasteiger partial charge >= 0.3 is 6.03 Å². The number of carbonyl (C=O) groups is 3. The third-order valence-corrected chi connectivity index (χ3v) is 10.7. The van der Waals surface area contributed by atoms with Crippen molar-refractivity contribution in [2.75, 3.05) is 75.7 Å². The van der Waals surface area contributed by atoms with Gasteiger partial charge in [0.25, 0.3) is 0 Å². The van der Waals surface area contributed by atoms with E-state index < -0.39 is 6.03 Å². The van der Waals surface area contributed by atoms with Gasteiger partial charge in [-0.15, -0.1) is 0 Å². The van der Waals surface area contributed by atoms with E-state index in [1.165, 1.54) is 30.1 Å². The lowest BCUT2D eigenvalue weighted by Crippen LogP contribution is -2.55. The number of aromatic nitrogens is 2. The van der Waals surface area contributed by atoms with Crippen LogP contribution < -0.4 is 24.2 Å². The fourth-order valence-corrected chi connectivity index (χ4v) is 8.12. The Kier molecular flexibility index (Phi) is 9.91. The van der Waals surface area contributed by atoms with E-state index in [0.29, 0.717) is 55.0 Å². The van der Waals surface area contributed by atoms with Gasteiger partial charge in [-0.2, -0.15) is 4.98 Å². The maximum absolute atomic E-state index is 13.9. The number of anilines is 3. The predicted molar refractivity (Wildman–Crippen MR) is 184 cm³/mol. The van der Waals surface area contributed by atoms with Crippen LogP contribution in [-0.4, -0.2) is 122 Å². The highest BCUT2D eigenvalue weighted by Gasteiger charge is 2.46. The molecule has 258 valence electrons. The number of methoxy groups -OCH3 is 2. The second kappa shape index (κ2) is 14.0. The SMILES string of the molecule is C=CC(=O)N1CCCCN(c2ncc3c(n2)N(C)C(=O)N(c2c(Cl)c(OC)cc(OC)c2Cl)C3)C2CN(C(=O)C3CCCCN3C)CC21. The lowest BCUT2D eigenvalue weighted by molar-refractivity contribution is -0.137. The van der Waals surface area contributed by atoms with Gasteiger partial charge in [-0.25, -0.2) is 9.78 Å². The summed E-state index contributed by atoms with van der Waals surface area (Å²) in [5, 5.41) is 0.354. The molecule has 3 atom stereocenters. The minimum atomic E-state index is -0.395. The highest BCUT2D eigenvalue weighted by Crippen LogP contribution is 2.48. The van der Waals surface area contributed by atoms with E-state index in [2.05, 4.69) is 16.4 Å². The Morgan fingerprint density at radius 1 is 0.979 bits per heavy atom. The number of carbonyl (C=O) groups excluding carboxylic acids is 3. The number of fused-ring (bicyclic) bond motifs is 2. The minimum absolute atomic E-state index is 0.0955. The van der Waals surface area contributed by atoms with E-state index in [1.807, 2.05) is 16.8 Å². The number of hydrogen-bond acceptors (Lipinski definition) is 9. The Hall–Kier alpha value is -3.81. The molecular weight excluding hydrogens is 659 g/mol. The lowest BCUT2D eigenvalue weighted by Gasteiger charge is -2.40. The zero-order valence-electron chi connectivity index (χ0n) is 27.8. The molecule has 0 N–H and O–H groups in total. The van der Waals surface area contributed by atoms with Crippen molar-refractivity contribution in [1.82, 2.24) is 24.7 Å². The smallest absolute Gasteiger partial charge is 0.330 e. The van der Waals surface area contributed by atoms with E-state index in [-0.39, 0.29) is 52.2 Å². The summed E-state index contributed by atoms with van der Waals surface area (Å²) in [6.07, 6.45) is 7.56. The van der Waals surface area contributed by atoms with Crippen molar-refractivity contribution in [2.45, 2.75) is 56.8 Å². The molecule has 0 aliphatic carbocycles. The Morgan fingerprint density at radius 2 is 1.65 bits per heavy atom. The number of ether oxygens (including phenoxy) is 2. The summed E-state index contributed by atoms with van der Waals surface area (Å²) in [5.41, 5.74) is 0.949. The van der Waals surface area contributed by atoms with E-state index in [4.69, 9.17) is 42.6 Å². The fraction of sp³-hybridized carbons (Fsp3) is 0.545. The fourth-order valence-electron chi connectivity index (χ4n) is 7.42. The third kappa shape index (κ3) is 6.00. The largest absolute Gasteiger partial charge is 0.495 e. The second-order valence-electron chi connectivity index (χ2n) is 12.7. The number of likely N-dealkylation sites (tertiary alicyclic amines) is 2. The number of rotatable bonds is 6. The van der Waals surface area contributed by atoms with Gasteiger partial charge in [0, 0.05) is 51.1 Å². The molecule has 6 rings (SSSR count). The predicted octanol–water partition coefficient (Wildman–Crippen LogP) is 4.06. The first-order valence-corrected chi connectivity index (χ1v) is 17.0. The van der Waals surface area contributed by atoms with Crippen LogP contribution in [-0.2, 0) is 16.1 Å². The molecule has 0 bridgehead atoms. The number of urea groups is 1. The molecule has 48 heavy (non-hydrogen) atoms. The number of amides is 4. The van der Waals surface area contributed by atoms with Gasteiger partial charge in [-0.3, -0.25) is 24.3 Å². The van der Waals surface area contributed by atoms with E-state index in [0.717, 1.165) is 38.6 Å². The van der Waals surface area contributed by atoms with Crippen LogP contribution in [0.5, 0.6) is 11.5 Å². The van der Waals surface area contributed by atoms with Crippen molar-refractivity contribution >= 4 is 58.5 Å². The molecule has 3 fully saturated rings. The van der Waals surface area contributed by atoms with Crippen molar-refractivity contribution in [2.24, 2.45) is 0 Å². The van der Waals surface area contributed by atoms with Crippen LogP contribution >= 0.6 is 23.2 Å². The first kappa shape index (κ1) is 34.1. The average Bonchev–Trinajstić information content (AvgIpc) is 3.51. The van der Waals surface area contributed by atoms with Gasteiger partial charge in [0.15, 0.2) is 0 Å². The molecule has 15 heteroatoms. The van der Waals surface area contributed by atoms with Crippen molar-refractivity contribution in [3.63, 3.8) is 0 Å². The molecule has 3 unspecified atom stereocenters. The van der Waals surface area contributed by atoms with Crippen molar-refractivity contribution < 1.29 is 23.9 Å². The van der Waals surface area contributed by atoms with Crippen molar-refractivity contribution in [3.05, 3.63) is 40.5 Å². The van der Waals surface area contributed by atoms with Crippen molar-refractivity contribution in [3.8, 4) is 11.5 Å². The monoisotopic (exact) mass is 700 g/mol. The highest BCUT2D eigenvalue weighted by atomic mass is 35.5. The number of nitrogens with zero attached hydrogens (tertiary/aromatic N) is 8. The molecule has 3 saturated heterocycles. The first-order valence-electron chi connectivity index (χ1n) is 16.3. The zero-order valence-corrected chi connectivity index (χ0v) is 29.3. The van der Waals surface area contributed by atoms with Crippen LogP contribution in [0.1, 0.15) is 37.7 Å². The molecular formula is C33H42Cl2N8O5. The van der Waals surface area contributed by atoms with Gasteiger partial charge in [-0.1, -0.05) is 36.2 Å². The Balaban J connectivity index is 1.34. The molecule has 2 aromatic rings. The Bertz CT molecular complexity index is 1580. The molecule has 1 aromatic carbocycles. The number of hydrogen-bond donors (Lipinski definition) is 0. The van der Waals surface area contributed by atoms with Crippen LogP contribution in [0.4, 0.5) is 22.2 Å². The standard InChI is InChI=1S/C33H42Cl2N8O5/c1-6-26(44)41-13-9-10-14-42(23-19-40(18-22(23)41)31(45)21-11-7-8-12-38(21)2)32-36-16-20-17-43(33(46)39(3)30(20)37-32)29-27(34)24(47-4)15-25(48-5)28(29)35/h6,15-16,21-23H,1,7-14,17-19H2,2-5H3. The summed E-state index contributed by atoms with van der Waals surface area (Å²) in [4.78, 5) is 61.6. The first-order chi connectivity index (χ1) is 23.1. The summed E-state index contributed by atoms with van der Waals surface area (Å²) in [7, 11) is 6.60. The molecule has 1 aromatic heterocycles. The average molecular weight is 702 g/mol. The quantitative estimate of drug-likeness (QED) is 0.412. The van der Waals surface area contributed by atoms with Crippen LogP contribution in [0, 0.1) is 0 Å². The van der Waals surface area contributed by atoms with Crippen LogP contribution in [0.25, 0.3) is 0 Å². The summed E-state index contributed by atoms with van der Waals surface area (Å²) in [6, 6.07) is 0.494. The van der Waals surface area contributed by atoms with Gasteiger partial charge in [-0.05, 0) is 45.4 Å². The molecule has 4 amide bonds. The summed E-state index contributed by atoms with van der Waals surface area (Å²) in [6.45, 7) is 6.84. The maximum atomic E-state index is 13.9. The van der Waals surface area contributed by atoms with Crippen LogP contribution in [0.2, 0.25) is 10.0 Å². The zero-order chi connectivity index (χ0) is 34.3. The minimum Gasteiger partial charge on any atom is -0.495 e. The number of halogens is 2. The number of benzene rings is 1. The second-order valence-corrected chi connectivity index (χ2v) is 13.5. The van der Waals surface area contributed by atoms with Crippen LogP contribution in [0.3, 0.4) is 0 Å².